The third-order valence-corrected chi connectivity index (χ3v) is 6.31. The number of carbonyl (C=O) groups excluding carboxylic acids is 1. The molecule has 0 saturated carbocycles. The molecule has 0 atom stereocenters. The Morgan fingerprint density at radius 2 is 1.86 bits per heavy atom. The fourth-order valence-corrected chi connectivity index (χ4v) is 4.29. The zero-order valence-corrected chi connectivity index (χ0v) is 18.4. The minimum absolute atomic E-state index is 0.346. The van der Waals surface area contributed by atoms with E-state index >= 15 is 0 Å². The van der Waals surface area contributed by atoms with Gasteiger partial charge in [-0.1, -0.05) is 6.92 Å². The summed E-state index contributed by atoms with van der Waals surface area (Å²) in [5, 5.41) is 3.33. The van der Waals surface area contributed by atoms with Crippen molar-refractivity contribution < 1.29 is 4.79 Å². The second-order valence-corrected chi connectivity index (χ2v) is 8.67. The van der Waals surface area contributed by atoms with Crippen molar-refractivity contribution in [2.45, 2.75) is 58.9 Å². The lowest BCUT2D eigenvalue weighted by atomic mass is 9.92. The van der Waals surface area contributed by atoms with Gasteiger partial charge in [0.05, 0.1) is 0 Å². The highest BCUT2D eigenvalue weighted by atomic mass is 16.2. The lowest BCUT2D eigenvalue weighted by Gasteiger charge is -2.37. The Kier molecular flexibility index (Phi) is 8.09. The van der Waals surface area contributed by atoms with Crippen LogP contribution in [0.4, 0.5) is 11.6 Å². The Balaban J connectivity index is 1.38. The van der Waals surface area contributed by atoms with E-state index < -0.39 is 0 Å². The van der Waals surface area contributed by atoms with Gasteiger partial charge in [0.2, 0.25) is 5.91 Å². The van der Waals surface area contributed by atoms with Gasteiger partial charge in [0.15, 0.2) is 0 Å². The molecule has 0 aromatic carbocycles. The number of rotatable bonds is 8. The second kappa shape index (κ2) is 10.8. The van der Waals surface area contributed by atoms with E-state index in [0.29, 0.717) is 24.3 Å². The van der Waals surface area contributed by atoms with Crippen molar-refractivity contribution in [1.82, 2.24) is 19.8 Å². The Morgan fingerprint density at radius 3 is 2.52 bits per heavy atom. The van der Waals surface area contributed by atoms with Crippen LogP contribution >= 0.6 is 0 Å². The fraction of sp³-hybridized carbons (Fsp3) is 0.773. The molecule has 29 heavy (non-hydrogen) atoms. The minimum atomic E-state index is 0.346. The SMILES string of the molecule is CCCNc1cc(N2CCC(CCC(=O)N3CCN(C(C)C)CC3)CC2)ncn1. The van der Waals surface area contributed by atoms with Crippen LogP contribution in [0.25, 0.3) is 0 Å². The van der Waals surface area contributed by atoms with E-state index in [4.69, 9.17) is 0 Å². The normalized spacial score (nSPS) is 19.0. The van der Waals surface area contributed by atoms with Gasteiger partial charge in [-0.05, 0) is 45.4 Å². The monoisotopic (exact) mass is 402 g/mol. The lowest BCUT2D eigenvalue weighted by Crippen LogP contribution is -2.50. The van der Waals surface area contributed by atoms with Crippen molar-refractivity contribution >= 4 is 17.5 Å². The van der Waals surface area contributed by atoms with Crippen molar-refractivity contribution in [3.8, 4) is 0 Å². The summed E-state index contributed by atoms with van der Waals surface area (Å²) in [5.41, 5.74) is 0. The quantitative estimate of drug-likeness (QED) is 0.721. The number of piperidine rings is 1. The average molecular weight is 403 g/mol. The van der Waals surface area contributed by atoms with Crippen molar-refractivity contribution in [3.63, 3.8) is 0 Å². The van der Waals surface area contributed by atoms with Crippen LogP contribution in [0.3, 0.4) is 0 Å². The van der Waals surface area contributed by atoms with Gasteiger partial charge >= 0.3 is 0 Å². The van der Waals surface area contributed by atoms with Crippen LogP contribution in [-0.4, -0.2) is 77.5 Å². The molecule has 0 spiro atoms. The van der Waals surface area contributed by atoms with Gasteiger partial charge in [-0.15, -0.1) is 0 Å². The standard InChI is InChI=1S/C22H38N6O/c1-4-9-23-20-16-21(25-17-24-20)27-10-7-19(8-11-27)5-6-22(29)28-14-12-26(13-15-28)18(2)3/h16-19H,4-15H2,1-3H3,(H,23,24,25). The molecule has 3 heterocycles. The largest absolute Gasteiger partial charge is 0.370 e. The average Bonchev–Trinajstić information content (AvgIpc) is 2.76. The van der Waals surface area contributed by atoms with E-state index in [1.54, 1.807) is 6.33 Å². The molecule has 0 bridgehead atoms. The third-order valence-electron chi connectivity index (χ3n) is 6.31. The molecule has 1 aromatic heterocycles. The summed E-state index contributed by atoms with van der Waals surface area (Å²) in [4.78, 5) is 28.2. The summed E-state index contributed by atoms with van der Waals surface area (Å²) >= 11 is 0. The highest BCUT2D eigenvalue weighted by Crippen LogP contribution is 2.26. The summed E-state index contributed by atoms with van der Waals surface area (Å²) in [7, 11) is 0. The van der Waals surface area contributed by atoms with Crippen LogP contribution in [0.2, 0.25) is 0 Å². The topological polar surface area (TPSA) is 64.6 Å². The highest BCUT2D eigenvalue weighted by molar-refractivity contribution is 5.76. The first-order valence-electron chi connectivity index (χ1n) is 11.4. The van der Waals surface area contributed by atoms with Gasteiger partial charge < -0.3 is 15.1 Å². The Labute approximate surface area is 175 Å². The molecule has 1 aromatic rings. The molecule has 0 unspecified atom stereocenters. The minimum Gasteiger partial charge on any atom is -0.370 e. The van der Waals surface area contributed by atoms with Crippen molar-refractivity contribution in [3.05, 3.63) is 12.4 Å². The molecule has 2 aliphatic rings. The first-order chi connectivity index (χ1) is 14.1. The van der Waals surface area contributed by atoms with Crippen molar-refractivity contribution in [2.24, 2.45) is 5.92 Å². The Morgan fingerprint density at radius 1 is 1.14 bits per heavy atom. The van der Waals surface area contributed by atoms with Gasteiger partial charge in [-0.25, -0.2) is 9.97 Å². The summed E-state index contributed by atoms with van der Waals surface area (Å²) in [6, 6.07) is 2.63. The van der Waals surface area contributed by atoms with Crippen LogP contribution < -0.4 is 10.2 Å². The summed E-state index contributed by atoms with van der Waals surface area (Å²) in [5.74, 6) is 2.91. The number of piperazine rings is 1. The summed E-state index contributed by atoms with van der Waals surface area (Å²) < 4.78 is 0. The summed E-state index contributed by atoms with van der Waals surface area (Å²) in [6.07, 6.45) is 6.72. The van der Waals surface area contributed by atoms with E-state index in [1.165, 1.54) is 0 Å². The molecular weight excluding hydrogens is 364 g/mol. The molecule has 2 fully saturated rings. The number of hydrogen-bond donors (Lipinski definition) is 1. The van der Waals surface area contributed by atoms with E-state index in [2.05, 4.69) is 56.8 Å². The molecule has 3 rings (SSSR count). The number of nitrogens with one attached hydrogen (secondary N) is 1. The molecule has 7 nitrogen and oxygen atoms in total. The highest BCUT2D eigenvalue weighted by Gasteiger charge is 2.25. The number of carbonyl (C=O) groups is 1. The number of aromatic nitrogens is 2. The van der Waals surface area contributed by atoms with Gasteiger partial charge in [0.25, 0.3) is 0 Å². The van der Waals surface area contributed by atoms with Gasteiger partial charge in [-0.3, -0.25) is 9.69 Å². The number of amides is 1. The smallest absolute Gasteiger partial charge is 0.222 e. The maximum absolute atomic E-state index is 12.6. The maximum atomic E-state index is 12.6. The predicted molar refractivity (Wildman–Crippen MR) is 118 cm³/mol. The van der Waals surface area contributed by atoms with Gasteiger partial charge in [0, 0.05) is 64.3 Å². The van der Waals surface area contributed by atoms with Crippen LogP contribution in [0, 0.1) is 5.92 Å². The van der Waals surface area contributed by atoms with Crippen molar-refractivity contribution in [2.75, 3.05) is 56.0 Å². The number of anilines is 2. The van der Waals surface area contributed by atoms with Crippen LogP contribution in [0.1, 0.15) is 52.9 Å². The predicted octanol–water partition coefficient (Wildman–Crippen LogP) is 2.85. The molecule has 7 heteroatoms. The molecule has 0 aliphatic carbocycles. The molecule has 1 amide bonds. The van der Waals surface area contributed by atoms with Crippen LogP contribution in [-0.2, 0) is 4.79 Å². The van der Waals surface area contributed by atoms with Gasteiger partial charge in [-0.2, -0.15) is 0 Å². The maximum Gasteiger partial charge on any atom is 0.222 e. The summed E-state index contributed by atoms with van der Waals surface area (Å²) in [6.45, 7) is 13.4. The number of nitrogens with zero attached hydrogens (tertiary/aromatic N) is 5. The molecule has 2 saturated heterocycles. The van der Waals surface area contributed by atoms with E-state index in [0.717, 1.165) is 83.1 Å². The lowest BCUT2D eigenvalue weighted by molar-refractivity contribution is -0.133. The molecular formula is C22H38N6O. The molecule has 1 N–H and O–H groups in total. The Hall–Kier alpha value is -1.89. The first kappa shape index (κ1) is 21.8. The third kappa shape index (κ3) is 6.29. The van der Waals surface area contributed by atoms with Crippen molar-refractivity contribution in [1.29, 1.82) is 0 Å². The van der Waals surface area contributed by atoms with Crippen LogP contribution in [0.5, 0.6) is 0 Å². The zero-order valence-electron chi connectivity index (χ0n) is 18.4. The zero-order chi connectivity index (χ0) is 20.6. The first-order valence-corrected chi connectivity index (χ1v) is 11.4. The fourth-order valence-electron chi connectivity index (χ4n) is 4.29. The van der Waals surface area contributed by atoms with E-state index in [-0.39, 0.29) is 0 Å². The molecule has 0 radical (unpaired) electrons. The van der Waals surface area contributed by atoms with Gasteiger partial charge in [0.1, 0.15) is 18.0 Å². The van der Waals surface area contributed by atoms with Crippen LogP contribution in [0.15, 0.2) is 12.4 Å². The number of hydrogen-bond acceptors (Lipinski definition) is 6. The van der Waals surface area contributed by atoms with E-state index in [1.807, 2.05) is 0 Å². The second-order valence-electron chi connectivity index (χ2n) is 8.67. The Bertz CT molecular complexity index is 636. The van der Waals surface area contributed by atoms with E-state index in [9.17, 15) is 4.79 Å². The molecule has 2 aliphatic heterocycles. The molecule has 162 valence electrons.